The molecule has 1 heterocycles. The average molecular weight is 273 g/mol. The zero-order valence-corrected chi connectivity index (χ0v) is 11.6. The number of likely N-dealkylation sites (N-methyl/N-ethyl adjacent to an activating group) is 1. The van der Waals surface area contributed by atoms with Gasteiger partial charge in [0.15, 0.2) is 0 Å². The number of halogens is 1. The van der Waals surface area contributed by atoms with E-state index in [1.54, 1.807) is 16.7 Å². The monoisotopic (exact) mass is 272 g/mol. The van der Waals surface area contributed by atoms with E-state index in [0.717, 1.165) is 17.3 Å². The fraction of sp³-hybridized carbons (Fsp3) is 0.417. The fourth-order valence-corrected chi connectivity index (χ4v) is 2.68. The van der Waals surface area contributed by atoms with Gasteiger partial charge in [0.05, 0.1) is 6.04 Å². The first-order valence-electron chi connectivity index (χ1n) is 5.34. The first-order valence-corrected chi connectivity index (χ1v) is 6.49. The van der Waals surface area contributed by atoms with Crippen molar-refractivity contribution in [3.05, 3.63) is 29.8 Å². The summed E-state index contributed by atoms with van der Waals surface area (Å²) < 4.78 is 0. The summed E-state index contributed by atoms with van der Waals surface area (Å²) in [5.74, 6) is 1.89. The molecule has 1 fully saturated rings. The molecule has 1 amide bonds. The highest BCUT2D eigenvalue weighted by Gasteiger charge is 2.25. The Balaban J connectivity index is 0.00000144. The second-order valence-corrected chi connectivity index (χ2v) is 5.04. The van der Waals surface area contributed by atoms with Gasteiger partial charge in [0.2, 0.25) is 5.91 Å². The number of benzene rings is 1. The van der Waals surface area contributed by atoms with Gasteiger partial charge in [-0.15, -0.1) is 24.2 Å². The Hall–Kier alpha value is -0.710. The van der Waals surface area contributed by atoms with Crippen molar-refractivity contribution in [1.29, 1.82) is 0 Å². The molecule has 0 aromatic heterocycles. The van der Waals surface area contributed by atoms with Crippen LogP contribution in [-0.4, -0.2) is 30.6 Å². The second kappa shape index (κ2) is 6.28. The van der Waals surface area contributed by atoms with Crippen LogP contribution in [0.15, 0.2) is 24.3 Å². The summed E-state index contributed by atoms with van der Waals surface area (Å²) in [6, 6.07) is 7.97. The van der Waals surface area contributed by atoms with E-state index < -0.39 is 0 Å². The molecule has 1 aromatic carbocycles. The highest BCUT2D eigenvalue weighted by Crippen LogP contribution is 2.18. The van der Waals surface area contributed by atoms with Crippen LogP contribution < -0.4 is 10.2 Å². The number of anilines is 1. The quantitative estimate of drug-likeness (QED) is 0.894. The van der Waals surface area contributed by atoms with Crippen molar-refractivity contribution in [2.75, 3.05) is 23.6 Å². The van der Waals surface area contributed by atoms with Crippen LogP contribution in [-0.2, 0) is 4.79 Å². The minimum Gasteiger partial charge on any atom is -0.314 e. The van der Waals surface area contributed by atoms with Gasteiger partial charge >= 0.3 is 0 Å². The van der Waals surface area contributed by atoms with Gasteiger partial charge in [0.25, 0.3) is 0 Å². The number of amides is 1. The van der Waals surface area contributed by atoms with Gasteiger partial charge in [-0.05, 0) is 24.6 Å². The molecule has 0 spiro atoms. The zero-order chi connectivity index (χ0) is 11.5. The van der Waals surface area contributed by atoms with E-state index in [4.69, 9.17) is 0 Å². The molecule has 1 aliphatic rings. The topological polar surface area (TPSA) is 32.3 Å². The zero-order valence-electron chi connectivity index (χ0n) is 9.97. The highest BCUT2D eigenvalue weighted by atomic mass is 35.5. The van der Waals surface area contributed by atoms with Gasteiger partial charge in [0.1, 0.15) is 0 Å². The van der Waals surface area contributed by atoms with Crippen LogP contribution in [0.2, 0.25) is 0 Å². The summed E-state index contributed by atoms with van der Waals surface area (Å²) in [4.78, 5) is 13.8. The number of carbonyl (C=O) groups excluding carboxylic acids is 1. The molecule has 0 saturated carbocycles. The molecule has 0 radical (unpaired) electrons. The Morgan fingerprint density at radius 2 is 2.29 bits per heavy atom. The summed E-state index contributed by atoms with van der Waals surface area (Å²) in [5, 5.41) is 3.19. The van der Waals surface area contributed by atoms with Crippen molar-refractivity contribution in [2.45, 2.75) is 13.0 Å². The van der Waals surface area contributed by atoms with Crippen molar-refractivity contribution in [3.63, 3.8) is 0 Å². The summed E-state index contributed by atoms with van der Waals surface area (Å²) in [6.07, 6.45) is 0. The Morgan fingerprint density at radius 3 is 2.88 bits per heavy atom. The molecule has 1 aromatic rings. The van der Waals surface area contributed by atoms with Crippen molar-refractivity contribution in [1.82, 2.24) is 5.32 Å². The van der Waals surface area contributed by atoms with Crippen molar-refractivity contribution in [2.24, 2.45) is 0 Å². The average Bonchev–Trinajstić information content (AvgIpc) is 2.80. The predicted octanol–water partition coefficient (Wildman–Crippen LogP) is 2.04. The summed E-state index contributed by atoms with van der Waals surface area (Å²) in [7, 11) is 1.84. The van der Waals surface area contributed by atoms with Crippen LogP contribution >= 0.6 is 24.2 Å². The van der Waals surface area contributed by atoms with E-state index in [-0.39, 0.29) is 24.4 Å². The SMILES string of the molecule is Cc1cccc(N(C)C(=O)[C@@H]2CSCN2)c1.Cl. The van der Waals surface area contributed by atoms with Gasteiger partial charge in [-0.25, -0.2) is 0 Å². The maximum atomic E-state index is 12.1. The van der Waals surface area contributed by atoms with E-state index in [1.807, 2.05) is 38.2 Å². The number of thioether (sulfide) groups is 1. The van der Waals surface area contributed by atoms with Crippen LogP contribution in [0.5, 0.6) is 0 Å². The maximum Gasteiger partial charge on any atom is 0.244 e. The number of carbonyl (C=O) groups is 1. The molecular weight excluding hydrogens is 256 g/mol. The Kier molecular flexibility index (Phi) is 5.31. The molecule has 0 bridgehead atoms. The van der Waals surface area contributed by atoms with Crippen LogP contribution in [0.3, 0.4) is 0 Å². The molecular formula is C12H17ClN2OS. The first kappa shape index (κ1) is 14.4. The van der Waals surface area contributed by atoms with Gasteiger partial charge in [0, 0.05) is 24.4 Å². The molecule has 1 saturated heterocycles. The van der Waals surface area contributed by atoms with E-state index in [1.165, 1.54) is 5.56 Å². The molecule has 94 valence electrons. The molecule has 0 unspecified atom stereocenters. The lowest BCUT2D eigenvalue weighted by atomic mass is 10.2. The third-order valence-electron chi connectivity index (χ3n) is 2.73. The Labute approximate surface area is 112 Å². The number of aryl methyl sites for hydroxylation is 1. The van der Waals surface area contributed by atoms with Crippen molar-refractivity contribution < 1.29 is 4.79 Å². The molecule has 2 rings (SSSR count). The Bertz CT molecular complexity index is 394. The standard InChI is InChI=1S/C12H16N2OS.ClH/c1-9-4-3-5-10(6-9)14(2)12(15)11-7-16-8-13-11;/h3-6,11,13H,7-8H2,1-2H3;1H/t11-;/m0./s1. The van der Waals surface area contributed by atoms with Gasteiger partial charge in [-0.3, -0.25) is 10.1 Å². The number of nitrogens with zero attached hydrogens (tertiary/aromatic N) is 1. The Morgan fingerprint density at radius 1 is 1.53 bits per heavy atom. The minimum atomic E-state index is -0.0319. The van der Waals surface area contributed by atoms with Gasteiger partial charge < -0.3 is 4.90 Å². The third kappa shape index (κ3) is 3.37. The largest absolute Gasteiger partial charge is 0.314 e. The van der Waals surface area contributed by atoms with E-state index in [0.29, 0.717) is 0 Å². The number of hydrogen-bond acceptors (Lipinski definition) is 3. The van der Waals surface area contributed by atoms with Crippen molar-refractivity contribution >= 4 is 35.8 Å². The predicted molar refractivity (Wildman–Crippen MR) is 76.1 cm³/mol. The fourth-order valence-electron chi connectivity index (χ4n) is 1.75. The highest BCUT2D eigenvalue weighted by molar-refractivity contribution is 7.99. The summed E-state index contributed by atoms with van der Waals surface area (Å²) >= 11 is 1.77. The normalized spacial score (nSPS) is 18.6. The lowest BCUT2D eigenvalue weighted by Crippen LogP contribution is -2.43. The lowest BCUT2D eigenvalue weighted by molar-refractivity contribution is -0.119. The van der Waals surface area contributed by atoms with Gasteiger partial charge in [-0.2, -0.15) is 0 Å². The molecule has 5 heteroatoms. The van der Waals surface area contributed by atoms with Crippen LogP contribution in [0.1, 0.15) is 5.56 Å². The number of hydrogen-bond donors (Lipinski definition) is 1. The first-order chi connectivity index (χ1) is 7.68. The molecule has 0 aliphatic carbocycles. The summed E-state index contributed by atoms with van der Waals surface area (Å²) in [5.41, 5.74) is 2.13. The van der Waals surface area contributed by atoms with Crippen molar-refractivity contribution in [3.8, 4) is 0 Å². The number of nitrogens with one attached hydrogen (secondary N) is 1. The van der Waals surface area contributed by atoms with Crippen LogP contribution in [0.4, 0.5) is 5.69 Å². The maximum absolute atomic E-state index is 12.1. The van der Waals surface area contributed by atoms with Gasteiger partial charge in [-0.1, -0.05) is 12.1 Å². The molecule has 1 atom stereocenters. The number of rotatable bonds is 2. The minimum absolute atomic E-state index is 0. The molecule has 3 nitrogen and oxygen atoms in total. The smallest absolute Gasteiger partial charge is 0.244 e. The lowest BCUT2D eigenvalue weighted by Gasteiger charge is -2.21. The van der Waals surface area contributed by atoms with E-state index in [2.05, 4.69) is 5.32 Å². The van der Waals surface area contributed by atoms with Crippen LogP contribution in [0.25, 0.3) is 0 Å². The molecule has 1 aliphatic heterocycles. The summed E-state index contributed by atoms with van der Waals surface area (Å²) in [6.45, 7) is 2.03. The third-order valence-corrected chi connectivity index (χ3v) is 3.67. The van der Waals surface area contributed by atoms with Crippen LogP contribution in [0, 0.1) is 6.92 Å². The second-order valence-electron chi connectivity index (χ2n) is 4.01. The molecule has 1 N–H and O–H groups in total. The molecule has 17 heavy (non-hydrogen) atoms. The van der Waals surface area contributed by atoms with E-state index in [9.17, 15) is 4.79 Å². The van der Waals surface area contributed by atoms with E-state index >= 15 is 0 Å².